The standard InChI is InChI=1S/C42H31NO/c1-3-11-29(12-4-1)43-38-16-8-6-14-31(38)34-23-27(18-20-39(34)43)28-17-19-32-35-25-37-33(26-41(35)44-40(32)24-28)30-13-5-7-15-36(30)42(37)21-9-2-10-22-42/h1,3-8,11-20,23-26H,2,9-10,21-22H2. The molecular formula is C42H31NO. The zero-order valence-corrected chi connectivity index (χ0v) is 24.5. The number of rotatable bonds is 2. The third kappa shape index (κ3) is 3.26. The Morgan fingerprint density at radius 1 is 0.477 bits per heavy atom. The second-order valence-corrected chi connectivity index (χ2v) is 12.8. The summed E-state index contributed by atoms with van der Waals surface area (Å²) in [5.41, 5.74) is 13.9. The van der Waals surface area contributed by atoms with Crippen molar-refractivity contribution in [2.75, 3.05) is 0 Å². The molecule has 1 saturated carbocycles. The predicted molar refractivity (Wildman–Crippen MR) is 183 cm³/mol. The van der Waals surface area contributed by atoms with Crippen molar-refractivity contribution in [1.29, 1.82) is 0 Å². The number of nitrogens with zero attached hydrogens (tertiary/aromatic N) is 1. The van der Waals surface area contributed by atoms with E-state index >= 15 is 0 Å². The van der Waals surface area contributed by atoms with Gasteiger partial charge in [0.15, 0.2) is 0 Å². The minimum atomic E-state index is 0.149. The first-order chi connectivity index (χ1) is 21.8. The summed E-state index contributed by atoms with van der Waals surface area (Å²) in [6.07, 6.45) is 6.43. The van der Waals surface area contributed by atoms with Crippen LogP contribution in [0.5, 0.6) is 0 Å². The summed E-state index contributed by atoms with van der Waals surface area (Å²) in [7, 11) is 0. The average molecular weight is 566 g/mol. The molecule has 2 aliphatic carbocycles. The number of hydrogen-bond acceptors (Lipinski definition) is 1. The lowest BCUT2D eigenvalue weighted by Gasteiger charge is -2.35. The van der Waals surface area contributed by atoms with Gasteiger partial charge in [-0.2, -0.15) is 0 Å². The van der Waals surface area contributed by atoms with Crippen LogP contribution in [0.25, 0.3) is 71.7 Å². The van der Waals surface area contributed by atoms with Gasteiger partial charge in [-0.3, -0.25) is 0 Å². The molecule has 0 amide bonds. The second-order valence-electron chi connectivity index (χ2n) is 12.8. The molecule has 0 saturated heterocycles. The van der Waals surface area contributed by atoms with E-state index in [1.165, 1.54) is 104 Å². The van der Waals surface area contributed by atoms with Crippen molar-refractivity contribution >= 4 is 43.7 Å². The van der Waals surface area contributed by atoms with Crippen molar-refractivity contribution in [3.8, 4) is 27.9 Å². The van der Waals surface area contributed by atoms with Crippen LogP contribution in [-0.4, -0.2) is 4.57 Å². The van der Waals surface area contributed by atoms with E-state index in [0.29, 0.717) is 0 Å². The SMILES string of the molecule is c1ccc(-n2c3ccccc3c3cc(-c4ccc5c(c4)oc4cc6c(cc45)C4(CCCCC4)c4ccccc4-6)ccc32)cc1. The number of furan rings is 1. The van der Waals surface area contributed by atoms with Crippen molar-refractivity contribution in [1.82, 2.24) is 4.57 Å². The van der Waals surface area contributed by atoms with Crippen molar-refractivity contribution in [2.45, 2.75) is 37.5 Å². The number of benzene rings is 6. The van der Waals surface area contributed by atoms with Gasteiger partial charge in [0.05, 0.1) is 11.0 Å². The Kier molecular flexibility index (Phi) is 4.97. The molecule has 2 heteroatoms. The minimum absolute atomic E-state index is 0.149. The van der Waals surface area contributed by atoms with Gasteiger partial charge in [-0.1, -0.05) is 92.1 Å². The maximum atomic E-state index is 6.65. The van der Waals surface area contributed by atoms with Crippen molar-refractivity contribution in [3.63, 3.8) is 0 Å². The van der Waals surface area contributed by atoms with Crippen LogP contribution in [0.15, 0.2) is 132 Å². The monoisotopic (exact) mass is 565 g/mol. The van der Waals surface area contributed by atoms with Gasteiger partial charge in [0.1, 0.15) is 11.2 Å². The number of fused-ring (bicyclic) bond motifs is 11. The van der Waals surface area contributed by atoms with Crippen LogP contribution in [0.4, 0.5) is 0 Å². The van der Waals surface area contributed by atoms with E-state index in [0.717, 1.165) is 11.2 Å². The summed E-state index contributed by atoms with van der Waals surface area (Å²) in [5.74, 6) is 0. The summed E-state index contributed by atoms with van der Waals surface area (Å²) in [6.45, 7) is 0. The summed E-state index contributed by atoms with van der Waals surface area (Å²) < 4.78 is 9.01. The maximum Gasteiger partial charge on any atom is 0.136 e. The molecule has 0 unspecified atom stereocenters. The highest BCUT2D eigenvalue weighted by atomic mass is 16.3. The van der Waals surface area contributed by atoms with Crippen LogP contribution >= 0.6 is 0 Å². The molecular weight excluding hydrogens is 534 g/mol. The third-order valence-corrected chi connectivity index (χ3v) is 10.6. The molecule has 1 fully saturated rings. The molecule has 0 atom stereocenters. The summed E-state index contributed by atoms with van der Waals surface area (Å²) in [5, 5.41) is 4.98. The van der Waals surface area contributed by atoms with E-state index in [2.05, 4.69) is 132 Å². The van der Waals surface area contributed by atoms with Gasteiger partial charge in [0, 0.05) is 32.6 Å². The van der Waals surface area contributed by atoms with Gasteiger partial charge >= 0.3 is 0 Å². The van der Waals surface area contributed by atoms with E-state index in [9.17, 15) is 0 Å². The number of hydrogen-bond donors (Lipinski definition) is 0. The Labute approximate surface area is 256 Å². The van der Waals surface area contributed by atoms with Gasteiger partial charge in [0.25, 0.3) is 0 Å². The Bertz CT molecular complexity index is 2420. The average Bonchev–Trinajstić information content (AvgIpc) is 3.70. The van der Waals surface area contributed by atoms with Gasteiger partial charge in [0.2, 0.25) is 0 Å². The lowest BCUT2D eigenvalue weighted by atomic mass is 9.68. The van der Waals surface area contributed by atoms with Gasteiger partial charge in [-0.25, -0.2) is 0 Å². The highest BCUT2D eigenvalue weighted by Crippen LogP contribution is 2.57. The van der Waals surface area contributed by atoms with Crippen LogP contribution in [0.2, 0.25) is 0 Å². The largest absolute Gasteiger partial charge is 0.456 e. The highest BCUT2D eigenvalue weighted by molar-refractivity contribution is 6.11. The van der Waals surface area contributed by atoms with E-state index < -0.39 is 0 Å². The Morgan fingerprint density at radius 3 is 2.11 bits per heavy atom. The first-order valence-corrected chi connectivity index (χ1v) is 16.0. The van der Waals surface area contributed by atoms with E-state index in [-0.39, 0.29) is 5.41 Å². The molecule has 10 rings (SSSR count). The molecule has 2 heterocycles. The maximum absolute atomic E-state index is 6.65. The van der Waals surface area contributed by atoms with E-state index in [4.69, 9.17) is 4.42 Å². The molecule has 1 spiro atoms. The van der Waals surface area contributed by atoms with Crippen molar-refractivity contribution < 1.29 is 4.42 Å². The van der Waals surface area contributed by atoms with Gasteiger partial charge in [-0.15, -0.1) is 0 Å². The van der Waals surface area contributed by atoms with Crippen LogP contribution in [0.3, 0.4) is 0 Å². The molecule has 0 N–H and O–H groups in total. The Balaban J connectivity index is 1.14. The minimum Gasteiger partial charge on any atom is -0.456 e. The smallest absolute Gasteiger partial charge is 0.136 e. The lowest BCUT2D eigenvalue weighted by Crippen LogP contribution is -2.27. The van der Waals surface area contributed by atoms with Crippen LogP contribution < -0.4 is 0 Å². The molecule has 0 radical (unpaired) electrons. The molecule has 44 heavy (non-hydrogen) atoms. The molecule has 2 aliphatic rings. The molecule has 2 nitrogen and oxygen atoms in total. The molecule has 0 aliphatic heterocycles. The lowest BCUT2D eigenvalue weighted by molar-refractivity contribution is 0.353. The van der Waals surface area contributed by atoms with E-state index in [1.54, 1.807) is 0 Å². The zero-order valence-electron chi connectivity index (χ0n) is 24.5. The molecule has 2 aromatic heterocycles. The van der Waals surface area contributed by atoms with Crippen molar-refractivity contribution in [2.24, 2.45) is 0 Å². The van der Waals surface area contributed by atoms with Crippen LogP contribution in [0, 0.1) is 0 Å². The molecule has 210 valence electrons. The fourth-order valence-electron chi connectivity index (χ4n) is 8.60. The van der Waals surface area contributed by atoms with Crippen molar-refractivity contribution in [3.05, 3.63) is 139 Å². The fourth-order valence-corrected chi connectivity index (χ4v) is 8.60. The normalized spacial score (nSPS) is 15.5. The Morgan fingerprint density at radius 2 is 1.20 bits per heavy atom. The third-order valence-electron chi connectivity index (χ3n) is 10.6. The first kappa shape index (κ1) is 24.4. The fraction of sp³-hybridized carbons (Fsp3) is 0.143. The summed E-state index contributed by atoms with van der Waals surface area (Å²) in [6, 6.07) is 46.9. The Hall–Kier alpha value is -5.08. The number of para-hydroxylation sites is 2. The zero-order chi connectivity index (χ0) is 28.8. The number of aromatic nitrogens is 1. The summed E-state index contributed by atoms with van der Waals surface area (Å²) in [4.78, 5) is 0. The highest BCUT2D eigenvalue weighted by Gasteiger charge is 2.44. The van der Waals surface area contributed by atoms with E-state index in [1.807, 2.05) is 0 Å². The quantitative estimate of drug-likeness (QED) is 0.204. The van der Waals surface area contributed by atoms with Crippen LogP contribution in [0.1, 0.15) is 43.2 Å². The van der Waals surface area contributed by atoms with Crippen LogP contribution in [-0.2, 0) is 5.41 Å². The van der Waals surface area contributed by atoms with Gasteiger partial charge in [-0.05, 0) is 101 Å². The molecule has 8 aromatic rings. The first-order valence-electron chi connectivity index (χ1n) is 16.0. The second kappa shape index (κ2) is 8.97. The predicted octanol–water partition coefficient (Wildman–Crippen LogP) is 11.6. The van der Waals surface area contributed by atoms with Gasteiger partial charge < -0.3 is 8.98 Å². The summed E-state index contributed by atoms with van der Waals surface area (Å²) >= 11 is 0. The molecule has 6 aromatic carbocycles. The topological polar surface area (TPSA) is 18.1 Å². The molecule has 0 bridgehead atoms.